The normalized spacial score (nSPS) is 10.0. The van der Waals surface area contributed by atoms with Crippen LogP contribution in [0.25, 0.3) is 0 Å². The van der Waals surface area contributed by atoms with E-state index in [0.717, 1.165) is 4.47 Å². The Balaban J connectivity index is 2.26. The highest BCUT2D eigenvalue weighted by atomic mass is 79.9. The summed E-state index contributed by atoms with van der Waals surface area (Å²) < 4.78 is 20.4. The van der Waals surface area contributed by atoms with Gasteiger partial charge in [-0.1, -0.05) is 34.1 Å². The second-order valence-corrected chi connectivity index (χ2v) is 5.53. The van der Waals surface area contributed by atoms with E-state index in [1.165, 1.54) is 6.07 Å². The van der Waals surface area contributed by atoms with Gasteiger partial charge >= 0.3 is 0 Å². The minimum absolute atomic E-state index is 0.0710. The molecule has 0 aromatic heterocycles. The molecule has 0 radical (unpaired) electrons. The first-order chi connectivity index (χ1) is 9.11. The summed E-state index contributed by atoms with van der Waals surface area (Å²) in [6.07, 6.45) is 0. The first kappa shape index (κ1) is 14.0. The first-order valence-electron chi connectivity index (χ1n) is 5.37. The van der Waals surface area contributed by atoms with Crippen LogP contribution in [0.1, 0.15) is 11.1 Å². The quantitative estimate of drug-likeness (QED) is 0.761. The number of benzene rings is 2. The highest BCUT2D eigenvalue weighted by Crippen LogP contribution is 2.33. The molecule has 0 heterocycles. The standard InChI is InChI=1S/C14H8Br2FNO/c15-11-5-10(7-18)14(12(16)6-11)19-8-9-3-1-2-4-13(9)17/h1-6H,8H2. The molecule has 2 aromatic carbocycles. The zero-order valence-corrected chi connectivity index (χ0v) is 12.8. The van der Waals surface area contributed by atoms with Gasteiger partial charge in [0.2, 0.25) is 0 Å². The third-order valence-corrected chi connectivity index (χ3v) is 3.51. The van der Waals surface area contributed by atoms with Gasteiger partial charge in [0, 0.05) is 10.0 Å². The molecule has 0 N–H and O–H groups in total. The predicted molar refractivity (Wildman–Crippen MR) is 77.3 cm³/mol. The van der Waals surface area contributed by atoms with Crippen molar-refractivity contribution in [3.8, 4) is 11.8 Å². The molecule has 0 amide bonds. The van der Waals surface area contributed by atoms with Gasteiger partial charge in [-0.3, -0.25) is 0 Å². The van der Waals surface area contributed by atoms with E-state index in [9.17, 15) is 4.39 Å². The van der Waals surface area contributed by atoms with Crippen molar-refractivity contribution in [3.05, 3.63) is 62.3 Å². The van der Waals surface area contributed by atoms with Crippen LogP contribution in [0.3, 0.4) is 0 Å². The van der Waals surface area contributed by atoms with Crippen molar-refractivity contribution in [1.82, 2.24) is 0 Å². The Morgan fingerprint density at radius 3 is 2.63 bits per heavy atom. The fourth-order valence-corrected chi connectivity index (χ4v) is 2.90. The maximum absolute atomic E-state index is 13.5. The monoisotopic (exact) mass is 383 g/mol. The van der Waals surface area contributed by atoms with E-state index in [-0.39, 0.29) is 12.4 Å². The largest absolute Gasteiger partial charge is 0.486 e. The molecule has 0 saturated carbocycles. The number of hydrogen-bond acceptors (Lipinski definition) is 2. The Bertz CT molecular complexity index is 652. The van der Waals surface area contributed by atoms with Crippen LogP contribution >= 0.6 is 31.9 Å². The van der Waals surface area contributed by atoms with Gasteiger partial charge in [0.25, 0.3) is 0 Å². The lowest BCUT2D eigenvalue weighted by molar-refractivity contribution is 0.297. The highest BCUT2D eigenvalue weighted by molar-refractivity contribution is 9.11. The molecule has 0 aliphatic heterocycles. The van der Waals surface area contributed by atoms with Gasteiger partial charge in [0.1, 0.15) is 18.5 Å². The summed E-state index contributed by atoms with van der Waals surface area (Å²) in [6, 6.07) is 11.9. The van der Waals surface area contributed by atoms with Crippen molar-refractivity contribution >= 4 is 31.9 Å². The average molecular weight is 385 g/mol. The minimum atomic E-state index is -0.325. The third-order valence-electron chi connectivity index (χ3n) is 2.46. The van der Waals surface area contributed by atoms with E-state index in [2.05, 4.69) is 31.9 Å². The molecular weight excluding hydrogens is 377 g/mol. The number of ether oxygens (including phenoxy) is 1. The van der Waals surface area contributed by atoms with E-state index in [1.54, 1.807) is 30.3 Å². The Labute approximate surface area is 127 Å². The number of nitriles is 1. The molecule has 96 valence electrons. The summed E-state index contributed by atoms with van der Waals surface area (Å²) in [6.45, 7) is 0.0710. The molecule has 19 heavy (non-hydrogen) atoms. The fourth-order valence-electron chi connectivity index (χ4n) is 1.56. The van der Waals surface area contributed by atoms with E-state index < -0.39 is 0 Å². The SMILES string of the molecule is N#Cc1cc(Br)cc(Br)c1OCc1ccccc1F. The molecule has 2 nitrogen and oxygen atoms in total. The summed E-state index contributed by atoms with van der Waals surface area (Å²) in [5, 5.41) is 9.07. The second-order valence-electron chi connectivity index (χ2n) is 3.76. The van der Waals surface area contributed by atoms with Crippen LogP contribution in [0.15, 0.2) is 45.3 Å². The number of rotatable bonds is 3. The van der Waals surface area contributed by atoms with Crippen LogP contribution in [0, 0.1) is 17.1 Å². The molecule has 2 aromatic rings. The lowest BCUT2D eigenvalue weighted by atomic mass is 10.2. The topological polar surface area (TPSA) is 33.0 Å². The van der Waals surface area contributed by atoms with Crippen LogP contribution in [-0.2, 0) is 6.61 Å². The predicted octanol–water partition coefficient (Wildman–Crippen LogP) is 4.80. The molecule has 0 atom stereocenters. The van der Waals surface area contributed by atoms with E-state index in [0.29, 0.717) is 21.3 Å². The van der Waals surface area contributed by atoms with Crippen molar-refractivity contribution in [2.45, 2.75) is 6.61 Å². The lowest BCUT2D eigenvalue weighted by Gasteiger charge is -2.11. The molecule has 0 bridgehead atoms. The summed E-state index contributed by atoms with van der Waals surface area (Å²) in [7, 11) is 0. The maximum Gasteiger partial charge on any atom is 0.151 e. The van der Waals surface area contributed by atoms with Crippen LogP contribution in [-0.4, -0.2) is 0 Å². The summed E-state index contributed by atoms with van der Waals surface area (Å²) in [5.74, 6) is 0.0863. The van der Waals surface area contributed by atoms with Gasteiger partial charge in [-0.05, 0) is 34.1 Å². The lowest BCUT2D eigenvalue weighted by Crippen LogP contribution is -2.00. The van der Waals surface area contributed by atoms with Gasteiger partial charge in [-0.25, -0.2) is 4.39 Å². The van der Waals surface area contributed by atoms with Crippen molar-refractivity contribution in [2.24, 2.45) is 0 Å². The maximum atomic E-state index is 13.5. The van der Waals surface area contributed by atoms with Gasteiger partial charge < -0.3 is 4.74 Å². The van der Waals surface area contributed by atoms with Crippen molar-refractivity contribution in [3.63, 3.8) is 0 Å². The zero-order chi connectivity index (χ0) is 13.8. The minimum Gasteiger partial charge on any atom is -0.486 e. The molecular formula is C14H8Br2FNO. The Morgan fingerprint density at radius 1 is 1.21 bits per heavy atom. The molecule has 5 heteroatoms. The molecule has 0 fully saturated rings. The van der Waals surface area contributed by atoms with Crippen LogP contribution in [0.2, 0.25) is 0 Å². The van der Waals surface area contributed by atoms with Crippen LogP contribution in [0.5, 0.6) is 5.75 Å². The van der Waals surface area contributed by atoms with Crippen molar-refractivity contribution in [1.29, 1.82) is 5.26 Å². The number of hydrogen-bond donors (Lipinski definition) is 0. The molecule has 0 aliphatic rings. The van der Waals surface area contributed by atoms with Gasteiger partial charge in [0.05, 0.1) is 10.0 Å². The van der Waals surface area contributed by atoms with Crippen LogP contribution < -0.4 is 4.74 Å². The summed E-state index contributed by atoms with van der Waals surface area (Å²) >= 11 is 6.63. The average Bonchev–Trinajstić information content (AvgIpc) is 2.38. The fraction of sp³-hybridized carbons (Fsp3) is 0.0714. The van der Waals surface area contributed by atoms with Gasteiger partial charge in [0.15, 0.2) is 5.75 Å². The van der Waals surface area contributed by atoms with Gasteiger partial charge in [-0.2, -0.15) is 5.26 Å². The molecule has 0 aliphatic carbocycles. The Kier molecular flexibility index (Phi) is 4.56. The highest BCUT2D eigenvalue weighted by Gasteiger charge is 2.11. The molecule has 0 saturated heterocycles. The van der Waals surface area contributed by atoms with E-state index in [4.69, 9.17) is 10.00 Å². The Hall–Kier alpha value is -1.38. The van der Waals surface area contributed by atoms with E-state index >= 15 is 0 Å². The number of nitrogens with zero attached hydrogens (tertiary/aromatic N) is 1. The second kappa shape index (κ2) is 6.18. The summed E-state index contributed by atoms with van der Waals surface area (Å²) in [4.78, 5) is 0. The molecule has 0 spiro atoms. The first-order valence-corrected chi connectivity index (χ1v) is 6.95. The smallest absolute Gasteiger partial charge is 0.151 e. The zero-order valence-electron chi connectivity index (χ0n) is 9.66. The molecule has 2 rings (SSSR count). The van der Waals surface area contributed by atoms with Crippen molar-refractivity contribution in [2.75, 3.05) is 0 Å². The third kappa shape index (κ3) is 3.34. The summed E-state index contributed by atoms with van der Waals surface area (Å²) in [5.41, 5.74) is 0.832. The van der Waals surface area contributed by atoms with Crippen LogP contribution in [0.4, 0.5) is 4.39 Å². The molecule has 0 unspecified atom stereocenters. The number of halogens is 3. The Morgan fingerprint density at radius 2 is 1.95 bits per heavy atom. The van der Waals surface area contributed by atoms with Gasteiger partial charge in [-0.15, -0.1) is 0 Å². The van der Waals surface area contributed by atoms with E-state index in [1.807, 2.05) is 6.07 Å². The van der Waals surface area contributed by atoms with Crippen molar-refractivity contribution < 1.29 is 9.13 Å².